The number of aromatic nitrogens is 1. The standard InChI is InChI=1S/C11H10BrClN2S/c1-14-10(11-15-4-5-16-11)8-3-2-7(13)6-9(8)12/h2-6,10,14H,1H3. The van der Waals surface area contributed by atoms with E-state index in [1.54, 1.807) is 11.3 Å². The fourth-order valence-corrected chi connectivity index (χ4v) is 3.20. The number of hydrogen-bond donors (Lipinski definition) is 1. The Morgan fingerprint density at radius 2 is 2.31 bits per heavy atom. The van der Waals surface area contributed by atoms with Crippen molar-refractivity contribution in [1.29, 1.82) is 0 Å². The molecule has 84 valence electrons. The maximum atomic E-state index is 5.93. The van der Waals surface area contributed by atoms with E-state index in [1.165, 1.54) is 0 Å². The lowest BCUT2D eigenvalue weighted by atomic mass is 10.1. The molecule has 1 atom stereocenters. The van der Waals surface area contributed by atoms with E-state index in [2.05, 4.69) is 26.2 Å². The highest BCUT2D eigenvalue weighted by Crippen LogP contribution is 2.31. The Bertz CT molecular complexity index is 473. The molecule has 0 aliphatic carbocycles. The average molecular weight is 318 g/mol. The van der Waals surface area contributed by atoms with Crippen LogP contribution in [0, 0.1) is 0 Å². The van der Waals surface area contributed by atoms with Gasteiger partial charge in [-0.3, -0.25) is 0 Å². The summed E-state index contributed by atoms with van der Waals surface area (Å²) in [4.78, 5) is 4.33. The van der Waals surface area contributed by atoms with Crippen LogP contribution in [0.3, 0.4) is 0 Å². The van der Waals surface area contributed by atoms with E-state index in [9.17, 15) is 0 Å². The zero-order chi connectivity index (χ0) is 11.5. The predicted octanol–water partition coefficient (Wildman–Crippen LogP) is 3.87. The molecule has 0 radical (unpaired) electrons. The van der Waals surface area contributed by atoms with Gasteiger partial charge in [0.2, 0.25) is 0 Å². The molecule has 2 aromatic rings. The number of halogens is 2. The summed E-state index contributed by atoms with van der Waals surface area (Å²) >= 11 is 11.1. The average Bonchev–Trinajstić information content (AvgIpc) is 2.75. The lowest BCUT2D eigenvalue weighted by Crippen LogP contribution is -2.17. The molecule has 1 aromatic heterocycles. The molecule has 0 bridgehead atoms. The maximum Gasteiger partial charge on any atom is 0.114 e. The Morgan fingerprint density at radius 1 is 1.50 bits per heavy atom. The number of hydrogen-bond acceptors (Lipinski definition) is 3. The van der Waals surface area contributed by atoms with Gasteiger partial charge in [0.15, 0.2) is 0 Å². The topological polar surface area (TPSA) is 24.9 Å². The van der Waals surface area contributed by atoms with Crippen molar-refractivity contribution in [1.82, 2.24) is 10.3 Å². The van der Waals surface area contributed by atoms with E-state index < -0.39 is 0 Å². The van der Waals surface area contributed by atoms with Gasteiger partial charge in [0.25, 0.3) is 0 Å². The van der Waals surface area contributed by atoms with Gasteiger partial charge in [-0.1, -0.05) is 33.6 Å². The molecule has 2 nitrogen and oxygen atoms in total. The molecule has 0 saturated carbocycles. The van der Waals surface area contributed by atoms with Crippen molar-refractivity contribution in [2.75, 3.05) is 7.05 Å². The Labute approximate surface area is 112 Å². The molecule has 0 aliphatic heterocycles. The molecule has 1 heterocycles. The van der Waals surface area contributed by atoms with Crippen molar-refractivity contribution in [3.05, 3.63) is 49.8 Å². The zero-order valence-electron chi connectivity index (χ0n) is 8.58. The van der Waals surface area contributed by atoms with E-state index >= 15 is 0 Å². The number of nitrogens with zero attached hydrogens (tertiary/aromatic N) is 1. The second-order valence-corrected chi connectivity index (χ2v) is 5.47. The minimum absolute atomic E-state index is 0.103. The third-order valence-corrected chi connectivity index (χ3v) is 4.02. The molecular weight excluding hydrogens is 308 g/mol. The van der Waals surface area contributed by atoms with E-state index in [0.717, 1.165) is 20.1 Å². The summed E-state index contributed by atoms with van der Waals surface area (Å²) in [6.07, 6.45) is 1.81. The molecule has 2 rings (SSSR count). The minimum Gasteiger partial charge on any atom is -0.307 e. The molecule has 0 spiro atoms. The molecular formula is C11H10BrClN2S. The van der Waals surface area contributed by atoms with E-state index in [4.69, 9.17) is 11.6 Å². The van der Waals surface area contributed by atoms with Crippen LogP contribution >= 0.6 is 38.9 Å². The third kappa shape index (κ3) is 2.46. The number of benzene rings is 1. The summed E-state index contributed by atoms with van der Waals surface area (Å²) < 4.78 is 0.995. The van der Waals surface area contributed by atoms with Crippen LogP contribution in [0.4, 0.5) is 0 Å². The highest BCUT2D eigenvalue weighted by molar-refractivity contribution is 9.10. The van der Waals surface area contributed by atoms with Gasteiger partial charge in [-0.05, 0) is 24.7 Å². The minimum atomic E-state index is 0.103. The summed E-state index contributed by atoms with van der Waals surface area (Å²) in [6, 6.07) is 5.90. The molecule has 1 N–H and O–H groups in total. The van der Waals surface area contributed by atoms with Crippen LogP contribution in [0.25, 0.3) is 0 Å². The van der Waals surface area contributed by atoms with E-state index in [1.807, 2.05) is 36.8 Å². The zero-order valence-corrected chi connectivity index (χ0v) is 11.7. The fraction of sp³-hybridized carbons (Fsp3) is 0.182. The molecule has 0 amide bonds. The first-order chi connectivity index (χ1) is 7.72. The van der Waals surface area contributed by atoms with Gasteiger partial charge in [-0.15, -0.1) is 11.3 Å². The van der Waals surface area contributed by atoms with Crippen molar-refractivity contribution in [3.8, 4) is 0 Å². The lowest BCUT2D eigenvalue weighted by molar-refractivity contribution is 0.684. The van der Waals surface area contributed by atoms with Crippen molar-refractivity contribution in [2.24, 2.45) is 0 Å². The Balaban J connectivity index is 2.41. The quantitative estimate of drug-likeness (QED) is 0.929. The van der Waals surface area contributed by atoms with E-state index in [0.29, 0.717) is 0 Å². The van der Waals surface area contributed by atoms with Gasteiger partial charge < -0.3 is 5.32 Å². The predicted molar refractivity (Wildman–Crippen MR) is 72.2 cm³/mol. The second-order valence-electron chi connectivity index (χ2n) is 3.26. The number of thiazole rings is 1. The molecule has 16 heavy (non-hydrogen) atoms. The smallest absolute Gasteiger partial charge is 0.114 e. The molecule has 0 fully saturated rings. The molecule has 1 aromatic carbocycles. The summed E-state index contributed by atoms with van der Waals surface area (Å²) in [7, 11) is 1.92. The number of nitrogens with one attached hydrogen (secondary N) is 1. The highest BCUT2D eigenvalue weighted by Gasteiger charge is 2.17. The van der Waals surface area contributed by atoms with Crippen molar-refractivity contribution >= 4 is 38.9 Å². The van der Waals surface area contributed by atoms with Gasteiger partial charge in [0.1, 0.15) is 5.01 Å². The monoisotopic (exact) mass is 316 g/mol. The molecule has 0 aliphatic rings. The first kappa shape index (κ1) is 12.0. The van der Waals surface area contributed by atoms with Crippen LogP contribution in [0.15, 0.2) is 34.2 Å². The van der Waals surface area contributed by atoms with Crippen LogP contribution in [0.5, 0.6) is 0 Å². The Morgan fingerprint density at radius 3 is 2.88 bits per heavy atom. The first-order valence-corrected chi connectivity index (χ1v) is 6.79. The van der Waals surface area contributed by atoms with Crippen molar-refractivity contribution in [2.45, 2.75) is 6.04 Å². The van der Waals surface area contributed by atoms with Gasteiger partial charge in [-0.25, -0.2) is 4.98 Å². The van der Waals surface area contributed by atoms with E-state index in [-0.39, 0.29) is 6.04 Å². The van der Waals surface area contributed by atoms with Gasteiger partial charge in [0.05, 0.1) is 6.04 Å². The van der Waals surface area contributed by atoms with Crippen molar-refractivity contribution < 1.29 is 0 Å². The Hall–Kier alpha value is -0.420. The lowest BCUT2D eigenvalue weighted by Gasteiger charge is -2.15. The van der Waals surface area contributed by atoms with Gasteiger partial charge in [-0.2, -0.15) is 0 Å². The highest BCUT2D eigenvalue weighted by atomic mass is 79.9. The summed E-state index contributed by atoms with van der Waals surface area (Å²) in [6.45, 7) is 0. The largest absolute Gasteiger partial charge is 0.307 e. The summed E-state index contributed by atoms with van der Waals surface area (Å²) in [5, 5.41) is 7.00. The van der Waals surface area contributed by atoms with Gasteiger partial charge in [0, 0.05) is 21.1 Å². The molecule has 0 saturated heterocycles. The normalized spacial score (nSPS) is 12.7. The molecule has 1 unspecified atom stereocenters. The van der Waals surface area contributed by atoms with Crippen LogP contribution in [-0.4, -0.2) is 12.0 Å². The SMILES string of the molecule is CNC(c1nccs1)c1ccc(Cl)cc1Br. The number of rotatable bonds is 3. The van der Waals surface area contributed by atoms with Crippen LogP contribution in [0.1, 0.15) is 16.6 Å². The Kier molecular flexibility index (Phi) is 3.97. The summed E-state index contributed by atoms with van der Waals surface area (Å²) in [5.74, 6) is 0. The van der Waals surface area contributed by atoms with Crippen molar-refractivity contribution in [3.63, 3.8) is 0 Å². The maximum absolute atomic E-state index is 5.93. The third-order valence-electron chi connectivity index (χ3n) is 2.26. The van der Waals surface area contributed by atoms with Crippen LogP contribution in [0.2, 0.25) is 5.02 Å². The summed E-state index contributed by atoms with van der Waals surface area (Å²) in [5.41, 5.74) is 1.14. The van der Waals surface area contributed by atoms with Crippen LogP contribution < -0.4 is 5.32 Å². The van der Waals surface area contributed by atoms with Crippen LogP contribution in [-0.2, 0) is 0 Å². The fourth-order valence-electron chi connectivity index (χ4n) is 1.52. The second kappa shape index (κ2) is 5.27. The molecule has 5 heteroatoms. The van der Waals surface area contributed by atoms with Gasteiger partial charge >= 0.3 is 0 Å². The first-order valence-electron chi connectivity index (χ1n) is 4.74.